The van der Waals surface area contributed by atoms with Crippen LogP contribution in [-0.4, -0.2) is 11.5 Å². The highest BCUT2D eigenvalue weighted by atomic mass is 19.1. The summed E-state index contributed by atoms with van der Waals surface area (Å²) in [7, 11) is 0. The summed E-state index contributed by atoms with van der Waals surface area (Å²) >= 11 is 0. The molecule has 0 aliphatic rings. The molecule has 0 aromatic heterocycles. The van der Waals surface area contributed by atoms with E-state index in [1.165, 1.54) is 12.1 Å². The van der Waals surface area contributed by atoms with Crippen LogP contribution in [0.15, 0.2) is 18.2 Å². The summed E-state index contributed by atoms with van der Waals surface area (Å²) < 4.78 is 13.2. The molecule has 5 heteroatoms. The molecule has 0 radical (unpaired) electrons. The summed E-state index contributed by atoms with van der Waals surface area (Å²) in [5, 5.41) is 13.4. The van der Waals surface area contributed by atoms with Gasteiger partial charge < -0.3 is 5.32 Å². The highest BCUT2D eigenvalue weighted by Crippen LogP contribution is 2.26. The molecule has 84 valence electrons. The fourth-order valence-electron chi connectivity index (χ4n) is 1.26. The molecule has 0 saturated heterocycles. The molecule has 0 spiro atoms. The maximum Gasteiger partial charge on any atom is 0.327 e. The fourth-order valence-corrected chi connectivity index (χ4v) is 1.26. The van der Waals surface area contributed by atoms with E-state index >= 15 is 0 Å². The maximum atomic E-state index is 13.2. The zero-order valence-corrected chi connectivity index (χ0v) is 8.57. The third-order valence-electron chi connectivity index (χ3n) is 1.98. The van der Waals surface area contributed by atoms with Crippen LogP contribution >= 0.6 is 0 Å². The van der Waals surface area contributed by atoms with Gasteiger partial charge in [0.1, 0.15) is 5.69 Å². The van der Waals surface area contributed by atoms with Crippen LogP contribution in [0.5, 0.6) is 0 Å². The van der Waals surface area contributed by atoms with Gasteiger partial charge in [0.2, 0.25) is 5.82 Å². The minimum atomic E-state index is -0.841. The molecule has 0 atom stereocenters. The first-order valence-electron chi connectivity index (χ1n) is 4.77. The first kappa shape index (κ1) is 12.0. The van der Waals surface area contributed by atoms with Crippen molar-refractivity contribution in [1.82, 2.24) is 0 Å². The van der Waals surface area contributed by atoms with Crippen molar-refractivity contribution in [1.29, 1.82) is 0 Å². The lowest BCUT2D eigenvalue weighted by atomic mass is 10.2. The van der Waals surface area contributed by atoms with Crippen molar-refractivity contribution in [3.05, 3.63) is 34.1 Å². The van der Waals surface area contributed by atoms with Gasteiger partial charge in [0.05, 0.1) is 4.92 Å². The smallest absolute Gasteiger partial charge is 0.327 e. The topological polar surface area (TPSA) is 55.2 Å². The molecule has 0 amide bonds. The van der Waals surface area contributed by atoms with Gasteiger partial charge in [-0.1, -0.05) is 6.07 Å². The second kappa shape index (κ2) is 5.71. The van der Waals surface area contributed by atoms with Gasteiger partial charge >= 0.3 is 5.69 Å². The first-order valence-corrected chi connectivity index (χ1v) is 4.77. The Kier molecular flexibility index (Phi) is 4.28. The third kappa shape index (κ3) is 2.95. The number of para-hydroxylation sites is 1. The Hall–Kier alpha value is -2.09. The molecule has 0 heterocycles. The van der Waals surface area contributed by atoms with E-state index in [1.807, 2.05) is 0 Å². The highest BCUT2D eigenvalue weighted by Gasteiger charge is 2.18. The van der Waals surface area contributed by atoms with Crippen molar-refractivity contribution in [2.24, 2.45) is 0 Å². The quantitative estimate of drug-likeness (QED) is 0.360. The lowest BCUT2D eigenvalue weighted by Crippen LogP contribution is -2.05. The Balaban J connectivity index is 2.76. The van der Waals surface area contributed by atoms with Crippen LogP contribution in [0, 0.1) is 28.3 Å². The summed E-state index contributed by atoms with van der Waals surface area (Å²) in [6.07, 6.45) is 6.33. The number of benzene rings is 1. The van der Waals surface area contributed by atoms with Crippen LogP contribution in [-0.2, 0) is 0 Å². The van der Waals surface area contributed by atoms with Gasteiger partial charge in [-0.3, -0.25) is 10.1 Å². The molecular weight excluding hydrogens is 211 g/mol. The van der Waals surface area contributed by atoms with E-state index in [9.17, 15) is 14.5 Å². The first-order chi connectivity index (χ1) is 7.66. The van der Waals surface area contributed by atoms with Gasteiger partial charge in [0.25, 0.3) is 0 Å². The van der Waals surface area contributed by atoms with Crippen LogP contribution in [0.1, 0.15) is 12.8 Å². The van der Waals surface area contributed by atoms with E-state index in [1.54, 1.807) is 0 Å². The number of halogens is 1. The third-order valence-corrected chi connectivity index (χ3v) is 1.98. The van der Waals surface area contributed by atoms with Gasteiger partial charge in [0, 0.05) is 13.0 Å². The lowest BCUT2D eigenvalue weighted by molar-refractivity contribution is -0.386. The number of terminal acetylenes is 1. The Labute approximate surface area is 92.6 Å². The molecule has 0 bridgehead atoms. The van der Waals surface area contributed by atoms with Crippen LogP contribution in [0.3, 0.4) is 0 Å². The average Bonchev–Trinajstić information content (AvgIpc) is 2.24. The monoisotopic (exact) mass is 222 g/mol. The molecule has 1 rings (SSSR count). The van der Waals surface area contributed by atoms with Gasteiger partial charge in [0.15, 0.2) is 0 Å². The van der Waals surface area contributed by atoms with Crippen molar-refractivity contribution in [2.45, 2.75) is 12.8 Å². The molecule has 16 heavy (non-hydrogen) atoms. The van der Waals surface area contributed by atoms with Gasteiger partial charge in [-0.15, -0.1) is 12.3 Å². The molecular formula is C11H11FN2O2. The second-order valence-corrected chi connectivity index (χ2v) is 3.13. The number of unbranched alkanes of at least 4 members (excludes halogenated alkanes) is 1. The maximum absolute atomic E-state index is 13.2. The number of nitrogens with one attached hydrogen (secondary N) is 1. The number of anilines is 1. The summed E-state index contributed by atoms with van der Waals surface area (Å²) in [4.78, 5) is 9.89. The molecule has 0 aliphatic carbocycles. The SMILES string of the molecule is C#CCCCNc1cccc(F)c1[N+](=O)[O-]. The Bertz CT molecular complexity index is 426. The number of nitrogens with zero attached hydrogens (tertiary/aromatic N) is 1. The molecule has 1 N–H and O–H groups in total. The van der Waals surface area contributed by atoms with Crippen LogP contribution < -0.4 is 5.32 Å². The van der Waals surface area contributed by atoms with Crippen molar-refractivity contribution in [3.8, 4) is 12.3 Å². The number of hydrogen-bond donors (Lipinski definition) is 1. The average molecular weight is 222 g/mol. The zero-order valence-electron chi connectivity index (χ0n) is 8.57. The normalized spacial score (nSPS) is 9.50. The van der Waals surface area contributed by atoms with Gasteiger partial charge in [-0.05, 0) is 18.6 Å². The highest BCUT2D eigenvalue weighted by molar-refractivity contribution is 5.61. The number of nitro groups is 1. The summed E-state index contributed by atoms with van der Waals surface area (Å²) in [6, 6.07) is 3.95. The van der Waals surface area contributed by atoms with E-state index in [2.05, 4.69) is 11.2 Å². The Morgan fingerprint density at radius 2 is 2.31 bits per heavy atom. The molecule has 0 aliphatic heterocycles. The largest absolute Gasteiger partial charge is 0.379 e. The molecule has 1 aromatic carbocycles. The molecule has 0 saturated carbocycles. The molecule has 1 aromatic rings. The molecule has 0 unspecified atom stereocenters. The van der Waals surface area contributed by atoms with Crippen LogP contribution in [0.2, 0.25) is 0 Å². The van der Waals surface area contributed by atoms with E-state index in [-0.39, 0.29) is 5.69 Å². The van der Waals surface area contributed by atoms with Gasteiger partial charge in [-0.2, -0.15) is 4.39 Å². The van der Waals surface area contributed by atoms with Crippen molar-refractivity contribution >= 4 is 11.4 Å². The van der Waals surface area contributed by atoms with E-state index in [4.69, 9.17) is 6.42 Å². The standard InChI is InChI=1S/C11H11FN2O2/c1-2-3-4-8-13-10-7-5-6-9(12)11(10)14(15)16/h1,5-7,13H,3-4,8H2. The number of hydrogen-bond acceptors (Lipinski definition) is 3. The molecule has 4 nitrogen and oxygen atoms in total. The predicted octanol–water partition coefficient (Wildman–Crippen LogP) is 2.56. The predicted molar refractivity (Wildman–Crippen MR) is 59.6 cm³/mol. The minimum Gasteiger partial charge on any atom is -0.379 e. The molecule has 0 fully saturated rings. The summed E-state index contributed by atoms with van der Waals surface area (Å²) in [5.41, 5.74) is -0.342. The fraction of sp³-hybridized carbons (Fsp3) is 0.273. The number of rotatable bonds is 5. The van der Waals surface area contributed by atoms with Crippen molar-refractivity contribution in [2.75, 3.05) is 11.9 Å². The van der Waals surface area contributed by atoms with E-state index in [0.29, 0.717) is 19.4 Å². The minimum absolute atomic E-state index is 0.182. The van der Waals surface area contributed by atoms with Crippen LogP contribution in [0.4, 0.5) is 15.8 Å². The van der Waals surface area contributed by atoms with Crippen molar-refractivity contribution < 1.29 is 9.31 Å². The van der Waals surface area contributed by atoms with Crippen LogP contribution in [0.25, 0.3) is 0 Å². The number of nitro benzene ring substituents is 1. The summed E-state index contributed by atoms with van der Waals surface area (Å²) in [6.45, 7) is 0.481. The lowest BCUT2D eigenvalue weighted by Gasteiger charge is -2.05. The Morgan fingerprint density at radius 3 is 2.94 bits per heavy atom. The Morgan fingerprint density at radius 1 is 1.56 bits per heavy atom. The second-order valence-electron chi connectivity index (χ2n) is 3.13. The van der Waals surface area contributed by atoms with Gasteiger partial charge in [-0.25, -0.2) is 0 Å². The van der Waals surface area contributed by atoms with E-state index in [0.717, 1.165) is 6.07 Å². The van der Waals surface area contributed by atoms with E-state index < -0.39 is 16.4 Å². The van der Waals surface area contributed by atoms with Crippen molar-refractivity contribution in [3.63, 3.8) is 0 Å². The zero-order chi connectivity index (χ0) is 12.0. The summed E-state index contributed by atoms with van der Waals surface area (Å²) in [5.74, 6) is 1.61.